The summed E-state index contributed by atoms with van der Waals surface area (Å²) in [6.07, 6.45) is 3.92. The molecule has 4 rings (SSSR count). The molecule has 2 saturated heterocycles. The van der Waals surface area contributed by atoms with Crippen molar-refractivity contribution < 1.29 is 14.0 Å². The zero-order valence-electron chi connectivity index (χ0n) is 13.7. The topological polar surface area (TPSA) is 53.8 Å². The summed E-state index contributed by atoms with van der Waals surface area (Å²) in [6, 6.07) is 3.73. The van der Waals surface area contributed by atoms with Crippen molar-refractivity contribution in [3.63, 3.8) is 0 Å². The molecule has 0 N–H and O–H groups in total. The zero-order chi connectivity index (χ0) is 16.7. The molecule has 126 valence electrons. The molecule has 5 nitrogen and oxygen atoms in total. The van der Waals surface area contributed by atoms with E-state index in [2.05, 4.69) is 0 Å². The molecule has 2 amide bonds. The number of furan rings is 1. The van der Waals surface area contributed by atoms with Crippen molar-refractivity contribution in [1.29, 1.82) is 0 Å². The van der Waals surface area contributed by atoms with Crippen LogP contribution in [0.4, 0.5) is 5.69 Å². The number of aryl methyl sites for hydroxylation is 1. The third-order valence-electron chi connectivity index (χ3n) is 5.43. The minimum Gasteiger partial charge on any atom is -0.469 e. The third-order valence-corrected chi connectivity index (χ3v) is 6.10. The van der Waals surface area contributed by atoms with Crippen LogP contribution in [-0.4, -0.2) is 36.3 Å². The van der Waals surface area contributed by atoms with Gasteiger partial charge in [-0.1, -0.05) is 0 Å². The first-order valence-corrected chi connectivity index (χ1v) is 9.23. The summed E-state index contributed by atoms with van der Waals surface area (Å²) in [4.78, 5) is 29.3. The lowest BCUT2D eigenvalue weighted by atomic mass is 9.77. The molecule has 2 aliphatic heterocycles. The highest BCUT2D eigenvalue weighted by Crippen LogP contribution is 2.43. The fourth-order valence-electron chi connectivity index (χ4n) is 3.86. The number of hydrogen-bond acceptors (Lipinski definition) is 4. The first kappa shape index (κ1) is 15.4. The van der Waals surface area contributed by atoms with Crippen LogP contribution in [0, 0.1) is 12.3 Å². The number of amides is 2. The number of hydrogen-bond donors (Lipinski definition) is 0. The highest BCUT2D eigenvalue weighted by molar-refractivity contribution is 7.08. The summed E-state index contributed by atoms with van der Waals surface area (Å²) in [5.41, 5.74) is 1.35. The second-order valence-corrected chi connectivity index (χ2v) is 7.43. The van der Waals surface area contributed by atoms with Gasteiger partial charge in [0.15, 0.2) is 0 Å². The molecule has 0 bridgehead atoms. The molecule has 1 spiro atoms. The fraction of sp³-hybridized carbons (Fsp3) is 0.444. The maximum atomic E-state index is 13.0. The molecule has 2 aliphatic rings. The minimum absolute atomic E-state index is 0.0104. The van der Waals surface area contributed by atoms with Gasteiger partial charge in [-0.2, -0.15) is 11.3 Å². The van der Waals surface area contributed by atoms with Crippen molar-refractivity contribution in [2.45, 2.75) is 26.2 Å². The molecule has 0 radical (unpaired) electrons. The maximum Gasteiger partial charge on any atom is 0.257 e. The lowest BCUT2D eigenvalue weighted by Gasteiger charge is -2.37. The quantitative estimate of drug-likeness (QED) is 0.840. The molecule has 2 fully saturated rings. The van der Waals surface area contributed by atoms with Gasteiger partial charge >= 0.3 is 0 Å². The fourth-order valence-corrected chi connectivity index (χ4v) is 4.50. The molecule has 0 atom stereocenters. The smallest absolute Gasteiger partial charge is 0.257 e. The van der Waals surface area contributed by atoms with Gasteiger partial charge in [0.05, 0.1) is 22.9 Å². The lowest BCUT2D eigenvalue weighted by Crippen LogP contribution is -2.46. The van der Waals surface area contributed by atoms with Crippen LogP contribution in [-0.2, 0) is 4.79 Å². The largest absolute Gasteiger partial charge is 0.469 e. The van der Waals surface area contributed by atoms with E-state index in [1.807, 2.05) is 26.6 Å². The van der Waals surface area contributed by atoms with E-state index in [1.165, 1.54) is 0 Å². The SMILES string of the molecule is Cc1occc1C(=O)N1CCC2(CC1)CCN(c1ccsc1)C2=O. The first-order valence-electron chi connectivity index (χ1n) is 8.28. The van der Waals surface area contributed by atoms with E-state index in [-0.39, 0.29) is 17.2 Å². The molecule has 4 heterocycles. The Morgan fingerprint density at radius 2 is 1.96 bits per heavy atom. The van der Waals surface area contributed by atoms with Crippen molar-refractivity contribution in [3.8, 4) is 0 Å². The average molecular weight is 344 g/mol. The molecule has 0 aliphatic carbocycles. The zero-order valence-corrected chi connectivity index (χ0v) is 14.5. The molecular formula is C18H20N2O3S. The Morgan fingerprint density at radius 1 is 1.21 bits per heavy atom. The predicted octanol–water partition coefficient (Wildman–Crippen LogP) is 3.31. The summed E-state index contributed by atoms with van der Waals surface area (Å²) in [5.74, 6) is 0.893. The maximum absolute atomic E-state index is 13.0. The number of nitrogens with zero attached hydrogens (tertiary/aromatic N) is 2. The summed E-state index contributed by atoms with van der Waals surface area (Å²) >= 11 is 1.61. The van der Waals surface area contributed by atoms with Gasteiger partial charge in [-0.05, 0) is 43.7 Å². The Hall–Kier alpha value is -2.08. The van der Waals surface area contributed by atoms with E-state index < -0.39 is 0 Å². The Kier molecular flexibility index (Phi) is 3.72. The van der Waals surface area contributed by atoms with Gasteiger partial charge < -0.3 is 14.2 Å². The van der Waals surface area contributed by atoms with Gasteiger partial charge in [0, 0.05) is 25.0 Å². The molecule has 2 aromatic heterocycles. The van der Waals surface area contributed by atoms with E-state index in [1.54, 1.807) is 30.6 Å². The summed E-state index contributed by atoms with van der Waals surface area (Å²) < 4.78 is 5.23. The average Bonchev–Trinajstić information content (AvgIpc) is 3.31. The van der Waals surface area contributed by atoms with E-state index in [0.29, 0.717) is 24.4 Å². The number of rotatable bonds is 2. The first-order chi connectivity index (χ1) is 11.6. The Labute approximate surface area is 144 Å². The highest BCUT2D eigenvalue weighted by atomic mass is 32.1. The van der Waals surface area contributed by atoms with Crippen LogP contribution in [0.1, 0.15) is 35.4 Å². The van der Waals surface area contributed by atoms with Crippen molar-refractivity contribution in [3.05, 3.63) is 40.5 Å². The van der Waals surface area contributed by atoms with Crippen LogP contribution in [0.15, 0.2) is 33.6 Å². The molecule has 24 heavy (non-hydrogen) atoms. The van der Waals surface area contributed by atoms with Crippen LogP contribution >= 0.6 is 11.3 Å². The molecule has 0 unspecified atom stereocenters. The van der Waals surface area contributed by atoms with Gasteiger partial charge in [0.1, 0.15) is 5.76 Å². The van der Waals surface area contributed by atoms with Gasteiger partial charge in [-0.15, -0.1) is 0 Å². The summed E-state index contributed by atoms with van der Waals surface area (Å²) in [5, 5.41) is 4.03. The Morgan fingerprint density at radius 3 is 2.58 bits per heavy atom. The summed E-state index contributed by atoms with van der Waals surface area (Å²) in [7, 11) is 0. The van der Waals surface area contributed by atoms with Crippen molar-refractivity contribution >= 4 is 28.8 Å². The predicted molar refractivity (Wildman–Crippen MR) is 92.3 cm³/mol. The van der Waals surface area contributed by atoms with Crippen LogP contribution < -0.4 is 4.90 Å². The molecule has 0 aromatic carbocycles. The van der Waals surface area contributed by atoms with Crippen LogP contribution in [0.5, 0.6) is 0 Å². The van der Waals surface area contributed by atoms with Gasteiger partial charge in [-0.3, -0.25) is 9.59 Å². The Bertz CT molecular complexity index is 757. The Balaban J connectivity index is 1.45. The molecule has 0 saturated carbocycles. The van der Waals surface area contributed by atoms with Gasteiger partial charge in [0.25, 0.3) is 5.91 Å². The molecule has 2 aromatic rings. The molecule has 6 heteroatoms. The minimum atomic E-state index is -0.288. The van der Waals surface area contributed by atoms with Crippen molar-refractivity contribution in [2.24, 2.45) is 5.41 Å². The summed E-state index contributed by atoms with van der Waals surface area (Å²) in [6.45, 7) is 3.85. The number of carbonyl (C=O) groups is 2. The number of piperidine rings is 1. The normalized spacial score (nSPS) is 20.1. The third kappa shape index (κ3) is 2.36. The van der Waals surface area contributed by atoms with E-state index in [4.69, 9.17) is 4.42 Å². The second kappa shape index (κ2) is 5.77. The monoisotopic (exact) mass is 344 g/mol. The van der Waals surface area contributed by atoms with Crippen molar-refractivity contribution in [1.82, 2.24) is 4.90 Å². The van der Waals surface area contributed by atoms with Gasteiger partial charge in [0.2, 0.25) is 5.91 Å². The molecular weight excluding hydrogens is 324 g/mol. The highest BCUT2D eigenvalue weighted by Gasteiger charge is 2.49. The standard InChI is InChI=1S/C18H20N2O3S/c1-13-15(2-10-23-13)16(21)19-7-4-18(5-8-19)6-9-20(17(18)22)14-3-11-24-12-14/h2-3,10-12H,4-9H2,1H3. The van der Waals surface area contributed by atoms with Crippen molar-refractivity contribution in [2.75, 3.05) is 24.5 Å². The van der Waals surface area contributed by atoms with Crippen LogP contribution in [0.3, 0.4) is 0 Å². The second-order valence-electron chi connectivity index (χ2n) is 6.65. The number of thiophene rings is 1. The van der Waals surface area contributed by atoms with Gasteiger partial charge in [-0.25, -0.2) is 0 Å². The van der Waals surface area contributed by atoms with E-state index >= 15 is 0 Å². The number of carbonyl (C=O) groups excluding carboxylic acids is 2. The van der Waals surface area contributed by atoms with E-state index in [0.717, 1.165) is 31.5 Å². The van der Waals surface area contributed by atoms with Crippen LogP contribution in [0.25, 0.3) is 0 Å². The lowest BCUT2D eigenvalue weighted by molar-refractivity contribution is -0.127. The van der Waals surface area contributed by atoms with E-state index in [9.17, 15) is 9.59 Å². The number of anilines is 1. The number of likely N-dealkylation sites (tertiary alicyclic amines) is 1. The van der Waals surface area contributed by atoms with Crippen LogP contribution in [0.2, 0.25) is 0 Å².